The summed E-state index contributed by atoms with van der Waals surface area (Å²) >= 11 is 0. The molecule has 22 heavy (non-hydrogen) atoms. The molecule has 0 amide bonds. The summed E-state index contributed by atoms with van der Waals surface area (Å²) in [5, 5.41) is 10.7. The lowest BCUT2D eigenvalue weighted by Gasteiger charge is -2.08. The van der Waals surface area contributed by atoms with Crippen molar-refractivity contribution >= 4 is 29.9 Å². The Balaban J connectivity index is 0.00000242. The average Bonchev–Trinajstić information content (AvgIpc) is 2.96. The quantitative estimate of drug-likeness (QED) is 0.332. The monoisotopic (exact) mass is 411 g/mol. The van der Waals surface area contributed by atoms with Gasteiger partial charge in [-0.2, -0.15) is 5.10 Å². The van der Waals surface area contributed by atoms with Crippen LogP contribution in [0, 0.1) is 0 Å². The first-order chi connectivity index (χ1) is 10.3. The fourth-order valence-corrected chi connectivity index (χ4v) is 1.93. The molecule has 118 valence electrons. The molecule has 0 saturated carbocycles. The molecule has 0 bridgehead atoms. The first-order valence-corrected chi connectivity index (χ1v) is 6.92. The highest BCUT2D eigenvalue weighted by Crippen LogP contribution is 2.03. The van der Waals surface area contributed by atoms with E-state index in [1.54, 1.807) is 13.1 Å². The maximum absolute atomic E-state index is 4.38. The van der Waals surface area contributed by atoms with Crippen molar-refractivity contribution in [2.24, 2.45) is 4.99 Å². The van der Waals surface area contributed by atoms with Crippen LogP contribution in [0.25, 0.3) is 0 Å². The predicted octanol–water partition coefficient (Wildman–Crippen LogP) is 2.40. The Bertz CT molecular complexity index is 592. The third-order valence-corrected chi connectivity index (χ3v) is 2.97. The number of nitrogens with zero attached hydrogens (tertiary/aromatic N) is 3. The molecular weight excluding hydrogens is 389 g/mol. The van der Waals surface area contributed by atoms with E-state index in [0.717, 1.165) is 18.1 Å². The normalized spacial score (nSPS) is 10.7. The predicted molar refractivity (Wildman–Crippen MR) is 102 cm³/mol. The van der Waals surface area contributed by atoms with Crippen LogP contribution >= 0.6 is 24.0 Å². The van der Waals surface area contributed by atoms with Gasteiger partial charge in [-0.25, -0.2) is 0 Å². The highest BCUT2D eigenvalue weighted by molar-refractivity contribution is 14.0. The SMILES string of the molecule is C=CCNC(=NC)NCc1cnn(Cc2ccccc2)c1.I. The van der Waals surface area contributed by atoms with Crippen LogP contribution in [0.4, 0.5) is 0 Å². The molecule has 1 heterocycles. The summed E-state index contributed by atoms with van der Waals surface area (Å²) < 4.78 is 1.94. The summed E-state index contributed by atoms with van der Waals surface area (Å²) in [6, 6.07) is 10.3. The zero-order valence-electron chi connectivity index (χ0n) is 12.7. The van der Waals surface area contributed by atoms with E-state index in [2.05, 4.69) is 39.4 Å². The molecule has 2 N–H and O–H groups in total. The van der Waals surface area contributed by atoms with Crippen LogP contribution < -0.4 is 10.6 Å². The molecule has 0 radical (unpaired) electrons. The largest absolute Gasteiger partial charge is 0.353 e. The van der Waals surface area contributed by atoms with E-state index >= 15 is 0 Å². The van der Waals surface area contributed by atoms with Crippen LogP contribution in [0.2, 0.25) is 0 Å². The molecule has 6 heteroatoms. The van der Waals surface area contributed by atoms with Crippen molar-refractivity contribution in [3.8, 4) is 0 Å². The lowest BCUT2D eigenvalue weighted by Crippen LogP contribution is -2.36. The maximum atomic E-state index is 4.38. The molecule has 0 saturated heterocycles. The van der Waals surface area contributed by atoms with Gasteiger partial charge in [0.25, 0.3) is 0 Å². The number of aliphatic imine (C=N–C) groups is 1. The Kier molecular flexibility index (Phi) is 8.27. The lowest BCUT2D eigenvalue weighted by molar-refractivity contribution is 0.685. The topological polar surface area (TPSA) is 54.2 Å². The molecule has 0 fully saturated rings. The van der Waals surface area contributed by atoms with E-state index in [0.29, 0.717) is 13.1 Å². The van der Waals surface area contributed by atoms with E-state index in [1.165, 1.54) is 5.56 Å². The zero-order chi connectivity index (χ0) is 14.9. The van der Waals surface area contributed by atoms with Crippen LogP contribution in [0.1, 0.15) is 11.1 Å². The first-order valence-electron chi connectivity index (χ1n) is 6.92. The molecule has 0 spiro atoms. The minimum Gasteiger partial charge on any atom is -0.353 e. The molecule has 0 unspecified atom stereocenters. The van der Waals surface area contributed by atoms with Crippen molar-refractivity contribution in [3.63, 3.8) is 0 Å². The summed E-state index contributed by atoms with van der Waals surface area (Å²) in [6.07, 6.45) is 5.71. The van der Waals surface area contributed by atoms with Gasteiger partial charge >= 0.3 is 0 Å². The number of hydrogen-bond donors (Lipinski definition) is 2. The second kappa shape index (κ2) is 9.99. The van der Waals surface area contributed by atoms with Crippen molar-refractivity contribution in [3.05, 3.63) is 66.5 Å². The van der Waals surface area contributed by atoms with Gasteiger partial charge in [0.05, 0.1) is 12.7 Å². The molecule has 1 aromatic heterocycles. The Morgan fingerprint density at radius 3 is 2.73 bits per heavy atom. The van der Waals surface area contributed by atoms with E-state index in [4.69, 9.17) is 0 Å². The Hall–Kier alpha value is -1.83. The van der Waals surface area contributed by atoms with E-state index in [9.17, 15) is 0 Å². The van der Waals surface area contributed by atoms with Gasteiger partial charge in [0, 0.05) is 31.9 Å². The van der Waals surface area contributed by atoms with Crippen molar-refractivity contribution in [2.75, 3.05) is 13.6 Å². The van der Waals surface area contributed by atoms with Gasteiger partial charge in [-0.05, 0) is 5.56 Å². The lowest BCUT2D eigenvalue weighted by atomic mass is 10.2. The molecule has 5 nitrogen and oxygen atoms in total. The third kappa shape index (κ3) is 5.88. The molecule has 2 aromatic rings. The summed E-state index contributed by atoms with van der Waals surface area (Å²) in [5.74, 6) is 0.755. The number of nitrogens with one attached hydrogen (secondary N) is 2. The van der Waals surface area contributed by atoms with Gasteiger partial charge in [-0.3, -0.25) is 9.67 Å². The van der Waals surface area contributed by atoms with Gasteiger partial charge in [-0.15, -0.1) is 30.6 Å². The van der Waals surface area contributed by atoms with Gasteiger partial charge in [0.1, 0.15) is 0 Å². The van der Waals surface area contributed by atoms with Crippen molar-refractivity contribution in [1.29, 1.82) is 0 Å². The Morgan fingerprint density at radius 2 is 2.05 bits per heavy atom. The molecule has 0 aliphatic rings. The number of halogens is 1. The van der Waals surface area contributed by atoms with Gasteiger partial charge < -0.3 is 10.6 Å². The van der Waals surface area contributed by atoms with Crippen LogP contribution in [-0.4, -0.2) is 29.3 Å². The molecule has 2 rings (SSSR count). The number of benzene rings is 1. The standard InChI is InChI=1S/C16H21N5.HI/c1-3-9-18-16(17-2)19-10-15-11-20-21(13-15)12-14-7-5-4-6-8-14;/h3-8,11,13H,1,9-10,12H2,2H3,(H2,17,18,19);1H. The molecule has 0 atom stereocenters. The summed E-state index contributed by atoms with van der Waals surface area (Å²) in [4.78, 5) is 4.13. The van der Waals surface area contributed by atoms with Gasteiger partial charge in [0.2, 0.25) is 0 Å². The number of rotatable bonds is 6. The van der Waals surface area contributed by atoms with Crippen LogP contribution in [0.15, 0.2) is 60.4 Å². The second-order valence-electron chi connectivity index (χ2n) is 4.63. The smallest absolute Gasteiger partial charge is 0.191 e. The van der Waals surface area contributed by atoms with Crippen molar-refractivity contribution in [2.45, 2.75) is 13.1 Å². The molecular formula is C16H22IN5. The first kappa shape index (κ1) is 18.2. The van der Waals surface area contributed by atoms with Crippen LogP contribution in [0.3, 0.4) is 0 Å². The number of guanidine groups is 1. The number of hydrogen-bond acceptors (Lipinski definition) is 2. The van der Waals surface area contributed by atoms with E-state index < -0.39 is 0 Å². The van der Waals surface area contributed by atoms with Crippen molar-refractivity contribution in [1.82, 2.24) is 20.4 Å². The highest BCUT2D eigenvalue weighted by Gasteiger charge is 2.01. The third-order valence-electron chi connectivity index (χ3n) is 2.97. The van der Waals surface area contributed by atoms with E-state index in [1.807, 2.05) is 35.3 Å². The number of aromatic nitrogens is 2. The van der Waals surface area contributed by atoms with Gasteiger partial charge in [-0.1, -0.05) is 36.4 Å². The molecule has 0 aliphatic carbocycles. The van der Waals surface area contributed by atoms with Crippen LogP contribution in [-0.2, 0) is 13.1 Å². The maximum Gasteiger partial charge on any atom is 0.191 e. The van der Waals surface area contributed by atoms with E-state index in [-0.39, 0.29) is 24.0 Å². The minimum absolute atomic E-state index is 0. The molecule has 1 aromatic carbocycles. The Labute approximate surface area is 148 Å². The zero-order valence-corrected chi connectivity index (χ0v) is 15.0. The average molecular weight is 411 g/mol. The second-order valence-corrected chi connectivity index (χ2v) is 4.63. The molecule has 0 aliphatic heterocycles. The van der Waals surface area contributed by atoms with Crippen molar-refractivity contribution < 1.29 is 0 Å². The fraction of sp³-hybridized carbons (Fsp3) is 0.250. The highest BCUT2D eigenvalue weighted by atomic mass is 127. The van der Waals surface area contributed by atoms with Crippen LogP contribution in [0.5, 0.6) is 0 Å². The minimum atomic E-state index is 0. The summed E-state index contributed by atoms with van der Waals surface area (Å²) in [5.41, 5.74) is 2.36. The fourth-order valence-electron chi connectivity index (χ4n) is 1.93. The Morgan fingerprint density at radius 1 is 1.27 bits per heavy atom. The summed E-state index contributed by atoms with van der Waals surface area (Å²) in [6.45, 7) is 5.83. The summed E-state index contributed by atoms with van der Waals surface area (Å²) in [7, 11) is 1.75. The van der Waals surface area contributed by atoms with Gasteiger partial charge in [0.15, 0.2) is 5.96 Å².